The standard InChI is InChI=1S/C44H48/c1-3-7-29-23-31(13-9-25(29)5-1)40-37-21-19-35-33-17-15-27-11-12-28-16-18-34(42(33)39(27)28)36-20-22-38(44(37)43(35)36)41(40)32-14-10-26-6-2-4-8-30(26)24-32/h1-10,13-14,23-24,27-28,33-44H,11-12,15-22H2. The Morgan fingerprint density at radius 1 is 0.318 bits per heavy atom. The van der Waals surface area contributed by atoms with Gasteiger partial charge in [0.2, 0.25) is 0 Å². The summed E-state index contributed by atoms with van der Waals surface area (Å²) in [7, 11) is 0. The van der Waals surface area contributed by atoms with E-state index < -0.39 is 0 Å². The van der Waals surface area contributed by atoms with Gasteiger partial charge in [-0.3, -0.25) is 0 Å². The third-order valence-corrected chi connectivity index (χ3v) is 16.0. The summed E-state index contributed by atoms with van der Waals surface area (Å²) in [6.07, 6.45) is 15.6. The molecule has 0 heteroatoms. The number of fused-ring (bicyclic) bond motifs is 4. The quantitative estimate of drug-likeness (QED) is 0.223. The maximum Gasteiger partial charge on any atom is -0.00589 e. The van der Waals surface area contributed by atoms with Crippen LogP contribution in [0.2, 0.25) is 0 Å². The first kappa shape index (κ1) is 25.6. The highest BCUT2D eigenvalue weighted by Crippen LogP contribution is 2.74. The minimum Gasteiger partial charge on any atom is -0.0616 e. The summed E-state index contributed by atoms with van der Waals surface area (Å²) in [6.45, 7) is 0. The van der Waals surface area contributed by atoms with E-state index in [1.54, 1.807) is 62.5 Å². The number of hydrogen-bond acceptors (Lipinski definition) is 0. The van der Waals surface area contributed by atoms with E-state index in [1.165, 1.54) is 34.4 Å². The van der Waals surface area contributed by atoms with Crippen molar-refractivity contribution in [3.8, 4) is 0 Å². The van der Waals surface area contributed by atoms with E-state index in [-0.39, 0.29) is 0 Å². The van der Waals surface area contributed by atoms with Crippen molar-refractivity contribution < 1.29 is 0 Å². The monoisotopic (exact) mass is 576 g/mol. The van der Waals surface area contributed by atoms with Gasteiger partial charge in [-0.1, -0.05) is 84.9 Å². The Morgan fingerprint density at radius 2 is 0.682 bits per heavy atom. The van der Waals surface area contributed by atoms with Crippen molar-refractivity contribution in [3.05, 3.63) is 96.1 Å². The molecule has 4 aromatic carbocycles. The van der Waals surface area contributed by atoms with E-state index in [2.05, 4.69) is 84.9 Å². The van der Waals surface area contributed by atoms with Crippen LogP contribution in [0.15, 0.2) is 84.9 Å². The van der Waals surface area contributed by atoms with Crippen LogP contribution in [0.4, 0.5) is 0 Å². The summed E-state index contributed by atoms with van der Waals surface area (Å²) in [5, 5.41) is 5.67. The molecule has 7 aliphatic carbocycles. The molecular formula is C44H48. The van der Waals surface area contributed by atoms with E-state index in [1.807, 2.05) is 0 Å². The number of benzene rings is 4. The lowest BCUT2D eigenvalue weighted by atomic mass is 9.40. The molecule has 4 aromatic rings. The van der Waals surface area contributed by atoms with E-state index in [0.717, 1.165) is 71.0 Å². The first-order valence-electron chi connectivity index (χ1n) is 18.8. The van der Waals surface area contributed by atoms with Gasteiger partial charge in [-0.2, -0.15) is 0 Å². The maximum atomic E-state index is 2.62. The van der Waals surface area contributed by atoms with Crippen LogP contribution in [-0.2, 0) is 0 Å². The second kappa shape index (κ2) is 9.47. The van der Waals surface area contributed by atoms with Crippen LogP contribution >= 0.6 is 0 Å². The van der Waals surface area contributed by atoms with Crippen molar-refractivity contribution in [2.75, 3.05) is 0 Å². The first-order chi connectivity index (χ1) is 21.8. The molecule has 0 radical (unpaired) electrons. The normalized spacial score (nSPS) is 44.8. The second-order valence-electron chi connectivity index (χ2n) is 17.0. The summed E-state index contributed by atoms with van der Waals surface area (Å²) >= 11 is 0. The zero-order chi connectivity index (χ0) is 28.5. The van der Waals surface area contributed by atoms with Crippen LogP contribution in [0.5, 0.6) is 0 Å². The number of hydrogen-bond donors (Lipinski definition) is 0. The molecule has 11 rings (SSSR count). The molecule has 7 saturated carbocycles. The van der Waals surface area contributed by atoms with Crippen LogP contribution in [0.25, 0.3) is 21.5 Å². The van der Waals surface area contributed by atoms with Crippen molar-refractivity contribution in [2.24, 2.45) is 71.0 Å². The van der Waals surface area contributed by atoms with Gasteiger partial charge in [0.25, 0.3) is 0 Å². The van der Waals surface area contributed by atoms with Gasteiger partial charge in [0.15, 0.2) is 0 Å². The summed E-state index contributed by atoms with van der Waals surface area (Å²) in [5.41, 5.74) is 3.30. The highest BCUT2D eigenvalue weighted by atomic mass is 14.7. The SMILES string of the molecule is c1ccc2cc(C3C4CCC5C6CCC7CCC8CCC(C9CCC(C3c3ccc%10ccccc%10c3)C4C59)C6C78)ccc2c1. The molecule has 10 unspecified atom stereocenters. The van der Waals surface area contributed by atoms with Crippen LogP contribution in [0.3, 0.4) is 0 Å². The van der Waals surface area contributed by atoms with E-state index in [4.69, 9.17) is 0 Å². The van der Waals surface area contributed by atoms with Gasteiger partial charge < -0.3 is 0 Å². The lowest BCUT2D eigenvalue weighted by molar-refractivity contribution is -0.167. The van der Waals surface area contributed by atoms with Gasteiger partial charge >= 0.3 is 0 Å². The molecule has 7 aliphatic rings. The van der Waals surface area contributed by atoms with Crippen LogP contribution in [-0.4, -0.2) is 0 Å². The summed E-state index contributed by atoms with van der Waals surface area (Å²) in [6, 6.07) is 33.4. The van der Waals surface area contributed by atoms with E-state index in [0.29, 0.717) is 11.8 Å². The molecule has 44 heavy (non-hydrogen) atoms. The molecule has 7 fully saturated rings. The fourth-order valence-electron chi connectivity index (χ4n) is 15.0. The van der Waals surface area contributed by atoms with Crippen molar-refractivity contribution in [3.63, 3.8) is 0 Å². The Hall–Kier alpha value is -2.60. The Bertz CT molecular complexity index is 1620. The molecule has 10 atom stereocenters. The number of rotatable bonds is 2. The summed E-state index contributed by atoms with van der Waals surface area (Å²) in [5.74, 6) is 13.7. The lowest BCUT2D eigenvalue weighted by Crippen LogP contribution is -2.59. The Morgan fingerprint density at radius 3 is 1.18 bits per heavy atom. The topological polar surface area (TPSA) is 0 Å². The second-order valence-corrected chi connectivity index (χ2v) is 17.0. The minimum absolute atomic E-state index is 0.662. The fourth-order valence-corrected chi connectivity index (χ4v) is 15.0. The molecular weight excluding hydrogens is 528 g/mol. The molecule has 0 bridgehead atoms. The van der Waals surface area contributed by atoms with E-state index in [9.17, 15) is 0 Å². The first-order valence-corrected chi connectivity index (χ1v) is 18.8. The molecule has 0 amide bonds. The molecule has 0 spiro atoms. The zero-order valence-electron chi connectivity index (χ0n) is 26.2. The lowest BCUT2D eigenvalue weighted by Gasteiger charge is -2.65. The van der Waals surface area contributed by atoms with Gasteiger partial charge in [0, 0.05) is 0 Å². The minimum atomic E-state index is 0.662. The predicted molar refractivity (Wildman–Crippen MR) is 181 cm³/mol. The van der Waals surface area contributed by atoms with Gasteiger partial charge in [-0.25, -0.2) is 0 Å². The Labute approximate surface area is 264 Å². The van der Waals surface area contributed by atoms with Crippen molar-refractivity contribution >= 4 is 21.5 Å². The highest BCUT2D eigenvalue weighted by Gasteiger charge is 2.66. The molecule has 0 saturated heterocycles. The molecule has 0 aromatic heterocycles. The van der Waals surface area contributed by atoms with Crippen molar-refractivity contribution in [1.29, 1.82) is 0 Å². The largest absolute Gasteiger partial charge is 0.0616 e. The molecule has 0 nitrogen and oxygen atoms in total. The molecule has 0 aliphatic heterocycles. The third-order valence-electron chi connectivity index (χ3n) is 16.0. The third kappa shape index (κ3) is 3.42. The molecule has 0 heterocycles. The Kier molecular flexibility index (Phi) is 5.50. The average molecular weight is 577 g/mol. The van der Waals surface area contributed by atoms with Gasteiger partial charge in [0.1, 0.15) is 0 Å². The van der Waals surface area contributed by atoms with Crippen molar-refractivity contribution in [2.45, 2.75) is 76.0 Å². The van der Waals surface area contributed by atoms with E-state index >= 15 is 0 Å². The average Bonchev–Trinajstić information content (AvgIpc) is 3.66. The zero-order valence-corrected chi connectivity index (χ0v) is 26.2. The molecule has 0 N–H and O–H groups in total. The van der Waals surface area contributed by atoms with Crippen LogP contribution in [0, 0.1) is 71.0 Å². The van der Waals surface area contributed by atoms with Gasteiger partial charge in [0.05, 0.1) is 0 Å². The van der Waals surface area contributed by atoms with Crippen LogP contribution < -0.4 is 0 Å². The molecule has 224 valence electrons. The highest BCUT2D eigenvalue weighted by molar-refractivity contribution is 5.84. The summed E-state index contributed by atoms with van der Waals surface area (Å²) < 4.78 is 0. The van der Waals surface area contributed by atoms with Gasteiger partial charge in [-0.15, -0.1) is 0 Å². The maximum absolute atomic E-state index is 2.62. The predicted octanol–water partition coefficient (Wildman–Crippen LogP) is 11.3. The van der Waals surface area contributed by atoms with Crippen molar-refractivity contribution in [1.82, 2.24) is 0 Å². The van der Waals surface area contributed by atoms with Gasteiger partial charge in [-0.05, 0) is 180 Å². The van der Waals surface area contributed by atoms with Crippen LogP contribution in [0.1, 0.15) is 87.2 Å². The smallest absolute Gasteiger partial charge is 0.00589 e. The summed E-state index contributed by atoms with van der Waals surface area (Å²) in [4.78, 5) is 0. The Balaban J connectivity index is 1.05. The fraction of sp³-hybridized carbons (Fsp3) is 0.545.